The molecule has 0 radical (unpaired) electrons. The molecule has 0 aromatic heterocycles. The van der Waals surface area contributed by atoms with Crippen LogP contribution in [0.15, 0.2) is 18.2 Å². The van der Waals surface area contributed by atoms with Crippen LogP contribution in [-0.4, -0.2) is 6.04 Å². The minimum Gasteiger partial charge on any atom is -0.382 e. The van der Waals surface area contributed by atoms with Crippen LogP contribution in [0.2, 0.25) is 5.02 Å². The van der Waals surface area contributed by atoms with E-state index >= 15 is 0 Å². The second-order valence-corrected chi connectivity index (χ2v) is 5.29. The summed E-state index contributed by atoms with van der Waals surface area (Å²) in [6.07, 6.45) is 6.56. The van der Waals surface area contributed by atoms with Crippen LogP contribution in [0.1, 0.15) is 51.5 Å². The molecule has 1 unspecified atom stereocenters. The van der Waals surface area contributed by atoms with Gasteiger partial charge in [-0.2, -0.15) is 0 Å². The maximum Gasteiger partial charge on any atom is 0.0410 e. The zero-order valence-corrected chi connectivity index (χ0v) is 12.0. The fraction of sp³-hybridized carbons (Fsp3) is 0.600. The third kappa shape index (κ3) is 5.45. The molecule has 0 aliphatic rings. The topological polar surface area (TPSA) is 12.0 Å². The van der Waals surface area contributed by atoms with Crippen molar-refractivity contribution in [2.24, 2.45) is 0 Å². The smallest absolute Gasteiger partial charge is 0.0410 e. The van der Waals surface area contributed by atoms with Crippen LogP contribution in [0.4, 0.5) is 5.69 Å². The van der Waals surface area contributed by atoms with Gasteiger partial charge in [0.25, 0.3) is 0 Å². The summed E-state index contributed by atoms with van der Waals surface area (Å²) < 4.78 is 0. The van der Waals surface area contributed by atoms with Gasteiger partial charge in [-0.25, -0.2) is 0 Å². The lowest BCUT2D eigenvalue weighted by atomic mass is 10.1. The summed E-state index contributed by atoms with van der Waals surface area (Å²) in [4.78, 5) is 0. The zero-order chi connectivity index (χ0) is 12.7. The van der Waals surface area contributed by atoms with E-state index in [0.717, 1.165) is 5.02 Å². The Balaban J connectivity index is 2.37. The number of unbranched alkanes of at least 4 members (excludes halogenated alkanes) is 3. The third-order valence-electron chi connectivity index (χ3n) is 3.08. The monoisotopic (exact) mass is 253 g/mol. The van der Waals surface area contributed by atoms with Gasteiger partial charge >= 0.3 is 0 Å². The summed E-state index contributed by atoms with van der Waals surface area (Å²) in [6.45, 7) is 6.59. The largest absolute Gasteiger partial charge is 0.382 e. The molecule has 0 amide bonds. The SMILES string of the molecule is CCCCCCC(C)Nc1ccc(Cl)cc1C. The number of halogens is 1. The number of rotatable bonds is 7. The van der Waals surface area contributed by atoms with Crippen LogP contribution >= 0.6 is 11.6 Å². The van der Waals surface area contributed by atoms with Gasteiger partial charge in [-0.1, -0.05) is 44.2 Å². The summed E-state index contributed by atoms with van der Waals surface area (Å²) in [5.74, 6) is 0. The summed E-state index contributed by atoms with van der Waals surface area (Å²) in [6, 6.07) is 6.56. The van der Waals surface area contributed by atoms with E-state index in [1.165, 1.54) is 43.4 Å². The average Bonchev–Trinajstić information content (AvgIpc) is 2.28. The standard InChI is InChI=1S/C15H24ClN/c1-4-5-6-7-8-13(3)17-15-10-9-14(16)11-12(15)2/h9-11,13,17H,4-8H2,1-3H3. The summed E-state index contributed by atoms with van der Waals surface area (Å²) in [5.41, 5.74) is 2.43. The molecule has 1 nitrogen and oxygen atoms in total. The second-order valence-electron chi connectivity index (χ2n) is 4.85. The van der Waals surface area contributed by atoms with Crippen LogP contribution in [-0.2, 0) is 0 Å². The van der Waals surface area contributed by atoms with E-state index in [2.05, 4.69) is 32.2 Å². The molecule has 0 fully saturated rings. The molecule has 1 N–H and O–H groups in total. The first-order valence-corrected chi connectivity index (χ1v) is 7.04. The Morgan fingerprint density at radius 2 is 2.00 bits per heavy atom. The average molecular weight is 254 g/mol. The van der Waals surface area contributed by atoms with Gasteiger partial charge in [-0.05, 0) is 44.0 Å². The van der Waals surface area contributed by atoms with Crippen molar-refractivity contribution in [3.8, 4) is 0 Å². The molecule has 17 heavy (non-hydrogen) atoms. The molecular formula is C15H24ClN. The van der Waals surface area contributed by atoms with Gasteiger partial charge in [-0.15, -0.1) is 0 Å². The van der Waals surface area contributed by atoms with Crippen molar-refractivity contribution in [2.45, 2.75) is 58.9 Å². The van der Waals surface area contributed by atoms with Crippen molar-refractivity contribution in [3.63, 3.8) is 0 Å². The van der Waals surface area contributed by atoms with Crippen molar-refractivity contribution in [1.82, 2.24) is 0 Å². The highest BCUT2D eigenvalue weighted by Crippen LogP contribution is 2.21. The predicted octanol–water partition coefficient (Wildman–Crippen LogP) is 5.42. The van der Waals surface area contributed by atoms with Crippen molar-refractivity contribution < 1.29 is 0 Å². The fourth-order valence-corrected chi connectivity index (χ4v) is 2.23. The van der Waals surface area contributed by atoms with Crippen LogP contribution in [0.25, 0.3) is 0 Å². The molecule has 1 aromatic rings. The Morgan fingerprint density at radius 1 is 1.24 bits per heavy atom. The molecule has 0 aliphatic carbocycles. The van der Waals surface area contributed by atoms with E-state index in [9.17, 15) is 0 Å². The summed E-state index contributed by atoms with van der Waals surface area (Å²) in [5, 5.41) is 4.36. The van der Waals surface area contributed by atoms with Gasteiger partial charge in [0.15, 0.2) is 0 Å². The molecule has 0 aliphatic heterocycles. The first-order chi connectivity index (χ1) is 8.13. The molecule has 96 valence electrons. The van der Waals surface area contributed by atoms with Gasteiger partial charge in [-0.3, -0.25) is 0 Å². The number of aryl methyl sites for hydroxylation is 1. The molecule has 0 bridgehead atoms. The highest BCUT2D eigenvalue weighted by Gasteiger charge is 2.04. The van der Waals surface area contributed by atoms with Crippen molar-refractivity contribution in [1.29, 1.82) is 0 Å². The Hall–Kier alpha value is -0.690. The molecule has 0 saturated carbocycles. The van der Waals surface area contributed by atoms with Crippen LogP contribution < -0.4 is 5.32 Å². The number of hydrogen-bond donors (Lipinski definition) is 1. The Labute approximate surface area is 111 Å². The zero-order valence-electron chi connectivity index (χ0n) is 11.2. The van der Waals surface area contributed by atoms with Gasteiger partial charge in [0.1, 0.15) is 0 Å². The second kappa shape index (κ2) is 7.60. The minimum absolute atomic E-state index is 0.534. The molecule has 1 rings (SSSR count). The maximum atomic E-state index is 5.94. The van der Waals surface area contributed by atoms with Crippen molar-refractivity contribution in [3.05, 3.63) is 28.8 Å². The molecule has 0 spiro atoms. The summed E-state index contributed by atoms with van der Waals surface area (Å²) >= 11 is 5.94. The van der Waals surface area contributed by atoms with Gasteiger partial charge in [0.2, 0.25) is 0 Å². The third-order valence-corrected chi connectivity index (χ3v) is 3.32. The Kier molecular flexibility index (Phi) is 6.43. The molecule has 2 heteroatoms. The molecule has 1 atom stereocenters. The van der Waals surface area contributed by atoms with Gasteiger partial charge in [0, 0.05) is 16.8 Å². The normalized spacial score (nSPS) is 12.5. The quantitative estimate of drug-likeness (QED) is 0.640. The number of nitrogens with one attached hydrogen (secondary N) is 1. The maximum absolute atomic E-state index is 5.94. The number of benzene rings is 1. The van der Waals surface area contributed by atoms with Crippen molar-refractivity contribution >= 4 is 17.3 Å². The number of hydrogen-bond acceptors (Lipinski definition) is 1. The van der Waals surface area contributed by atoms with E-state index in [4.69, 9.17) is 11.6 Å². The van der Waals surface area contributed by atoms with E-state index in [1.807, 2.05) is 12.1 Å². The minimum atomic E-state index is 0.534. The molecule has 0 saturated heterocycles. The van der Waals surface area contributed by atoms with Gasteiger partial charge in [0.05, 0.1) is 0 Å². The predicted molar refractivity (Wildman–Crippen MR) is 78.0 cm³/mol. The fourth-order valence-electron chi connectivity index (χ4n) is 2.00. The van der Waals surface area contributed by atoms with Crippen LogP contribution in [0.5, 0.6) is 0 Å². The van der Waals surface area contributed by atoms with E-state index < -0.39 is 0 Å². The molecule has 0 heterocycles. The lowest BCUT2D eigenvalue weighted by Crippen LogP contribution is -2.15. The molecule has 1 aromatic carbocycles. The highest BCUT2D eigenvalue weighted by molar-refractivity contribution is 6.30. The van der Waals surface area contributed by atoms with Crippen LogP contribution in [0, 0.1) is 6.92 Å². The lowest BCUT2D eigenvalue weighted by molar-refractivity contribution is 0.594. The summed E-state index contributed by atoms with van der Waals surface area (Å²) in [7, 11) is 0. The highest BCUT2D eigenvalue weighted by atomic mass is 35.5. The van der Waals surface area contributed by atoms with Crippen molar-refractivity contribution in [2.75, 3.05) is 5.32 Å². The van der Waals surface area contributed by atoms with Crippen LogP contribution in [0.3, 0.4) is 0 Å². The van der Waals surface area contributed by atoms with E-state index in [0.29, 0.717) is 6.04 Å². The van der Waals surface area contributed by atoms with Gasteiger partial charge < -0.3 is 5.32 Å². The number of anilines is 1. The van der Waals surface area contributed by atoms with E-state index in [-0.39, 0.29) is 0 Å². The lowest BCUT2D eigenvalue weighted by Gasteiger charge is -2.17. The Bertz CT molecular complexity index is 336. The Morgan fingerprint density at radius 3 is 2.65 bits per heavy atom. The molecular weight excluding hydrogens is 230 g/mol. The van der Waals surface area contributed by atoms with E-state index in [1.54, 1.807) is 0 Å². The first kappa shape index (κ1) is 14.4. The first-order valence-electron chi connectivity index (χ1n) is 6.66.